The standard InChI is InChI=1S/C21H33NO9/c1-5-6-24-7-8-25-9-10-26-11-12-27-13-21-14-28-19(31-21)16(22-15(2)23)17-18(21)30-20(3,4)29-17/h1,16-19H,6-14H2,2-4H3,(H,22,23)/t16-,17-,18-,19+,21+/m1/s1. The predicted molar refractivity (Wildman–Crippen MR) is 107 cm³/mol. The van der Waals surface area contributed by atoms with Crippen LogP contribution in [0.2, 0.25) is 0 Å². The van der Waals surface area contributed by atoms with Gasteiger partial charge >= 0.3 is 0 Å². The minimum Gasteiger partial charge on any atom is -0.377 e. The van der Waals surface area contributed by atoms with Crippen molar-refractivity contribution >= 4 is 5.91 Å². The second-order valence-corrected chi connectivity index (χ2v) is 8.14. The van der Waals surface area contributed by atoms with Gasteiger partial charge in [0.05, 0.1) is 52.9 Å². The van der Waals surface area contributed by atoms with Crippen LogP contribution in [0.25, 0.3) is 0 Å². The van der Waals surface area contributed by atoms with Crippen LogP contribution in [0.4, 0.5) is 0 Å². The van der Waals surface area contributed by atoms with Crippen LogP contribution in [0.15, 0.2) is 0 Å². The lowest BCUT2D eigenvalue weighted by Crippen LogP contribution is -2.65. The fraction of sp³-hybridized carbons (Fsp3) is 0.857. The fourth-order valence-electron chi connectivity index (χ4n) is 3.94. The Hall–Kier alpha value is -1.29. The second kappa shape index (κ2) is 11.0. The third-order valence-electron chi connectivity index (χ3n) is 5.16. The molecule has 1 amide bonds. The molecule has 0 saturated carbocycles. The smallest absolute Gasteiger partial charge is 0.217 e. The van der Waals surface area contributed by atoms with E-state index in [0.29, 0.717) is 52.9 Å². The van der Waals surface area contributed by atoms with Crippen LogP contribution in [-0.4, -0.2) is 101 Å². The van der Waals surface area contributed by atoms with E-state index in [1.165, 1.54) is 6.92 Å². The van der Waals surface area contributed by atoms with Crippen molar-refractivity contribution in [2.75, 3.05) is 59.5 Å². The third-order valence-corrected chi connectivity index (χ3v) is 5.16. The molecule has 176 valence electrons. The lowest BCUT2D eigenvalue weighted by atomic mass is 9.88. The number of rotatable bonds is 13. The van der Waals surface area contributed by atoms with Gasteiger partial charge in [-0.25, -0.2) is 0 Å². The third kappa shape index (κ3) is 6.37. The van der Waals surface area contributed by atoms with Gasteiger partial charge in [0.2, 0.25) is 5.91 Å². The molecule has 5 atom stereocenters. The maximum Gasteiger partial charge on any atom is 0.217 e. The van der Waals surface area contributed by atoms with Crippen molar-refractivity contribution in [2.45, 2.75) is 56.7 Å². The number of hydrogen-bond acceptors (Lipinski definition) is 9. The first-order valence-electron chi connectivity index (χ1n) is 10.5. The number of ether oxygens (including phenoxy) is 8. The molecule has 0 radical (unpaired) electrons. The molecule has 10 heteroatoms. The topological polar surface area (TPSA) is 103 Å². The van der Waals surface area contributed by atoms with Gasteiger partial charge in [-0.2, -0.15) is 0 Å². The average Bonchev–Trinajstić information content (AvgIpc) is 3.26. The summed E-state index contributed by atoms with van der Waals surface area (Å²) >= 11 is 0. The molecule has 2 bridgehead atoms. The lowest BCUT2D eigenvalue weighted by molar-refractivity contribution is -0.214. The summed E-state index contributed by atoms with van der Waals surface area (Å²) < 4.78 is 46.0. The molecule has 0 unspecified atom stereocenters. The minimum atomic E-state index is -0.792. The number of nitrogens with one attached hydrogen (secondary N) is 1. The van der Waals surface area contributed by atoms with Crippen molar-refractivity contribution in [1.29, 1.82) is 0 Å². The van der Waals surface area contributed by atoms with Gasteiger partial charge in [-0.05, 0) is 13.8 Å². The zero-order chi connectivity index (χ0) is 22.3. The van der Waals surface area contributed by atoms with E-state index < -0.39 is 29.8 Å². The van der Waals surface area contributed by atoms with Crippen LogP contribution < -0.4 is 5.32 Å². The van der Waals surface area contributed by atoms with Gasteiger partial charge in [0.15, 0.2) is 12.1 Å². The molecule has 0 aliphatic carbocycles. The highest BCUT2D eigenvalue weighted by atomic mass is 16.8. The summed E-state index contributed by atoms with van der Waals surface area (Å²) in [5.74, 6) is 1.42. The highest BCUT2D eigenvalue weighted by Gasteiger charge is 2.66. The summed E-state index contributed by atoms with van der Waals surface area (Å²) in [7, 11) is 0. The summed E-state index contributed by atoms with van der Waals surface area (Å²) in [5, 5.41) is 2.87. The van der Waals surface area contributed by atoms with Gasteiger partial charge in [0, 0.05) is 6.92 Å². The summed E-state index contributed by atoms with van der Waals surface area (Å²) in [6.45, 7) is 8.67. The van der Waals surface area contributed by atoms with Crippen LogP contribution in [0.3, 0.4) is 0 Å². The summed E-state index contributed by atoms with van der Waals surface area (Å²) in [5.41, 5.74) is -0.792. The van der Waals surface area contributed by atoms with Gasteiger partial charge in [0.1, 0.15) is 30.5 Å². The second-order valence-electron chi connectivity index (χ2n) is 8.14. The summed E-state index contributed by atoms with van der Waals surface area (Å²) in [6.07, 6.45) is 3.66. The highest BCUT2D eigenvalue weighted by Crippen LogP contribution is 2.46. The van der Waals surface area contributed by atoms with Crippen LogP contribution >= 0.6 is 0 Å². The van der Waals surface area contributed by atoms with E-state index >= 15 is 0 Å². The van der Waals surface area contributed by atoms with Gasteiger partial charge in [-0.15, -0.1) is 6.42 Å². The largest absolute Gasteiger partial charge is 0.377 e. The Kier molecular flexibility index (Phi) is 8.66. The van der Waals surface area contributed by atoms with Crippen LogP contribution in [0, 0.1) is 12.3 Å². The van der Waals surface area contributed by atoms with Crippen LogP contribution in [0.1, 0.15) is 20.8 Å². The monoisotopic (exact) mass is 443 g/mol. The van der Waals surface area contributed by atoms with Crippen molar-refractivity contribution in [3.05, 3.63) is 0 Å². The molecule has 3 aliphatic rings. The Morgan fingerprint density at radius 2 is 1.68 bits per heavy atom. The van der Waals surface area contributed by atoms with Crippen molar-refractivity contribution in [3.63, 3.8) is 0 Å². The molecule has 0 spiro atoms. The predicted octanol–water partition coefficient (Wildman–Crippen LogP) is -0.164. The first kappa shape index (κ1) is 24.4. The molecule has 0 aromatic rings. The molecule has 3 fully saturated rings. The van der Waals surface area contributed by atoms with E-state index in [2.05, 4.69) is 11.2 Å². The molecule has 31 heavy (non-hydrogen) atoms. The van der Waals surface area contributed by atoms with Crippen molar-refractivity contribution in [1.82, 2.24) is 5.32 Å². The van der Waals surface area contributed by atoms with Gasteiger partial charge in [-0.3, -0.25) is 4.79 Å². The quantitative estimate of drug-likeness (QED) is 0.307. The molecule has 3 saturated heterocycles. The van der Waals surface area contributed by atoms with Crippen molar-refractivity contribution in [2.24, 2.45) is 0 Å². The average molecular weight is 443 g/mol. The van der Waals surface area contributed by atoms with E-state index in [1.54, 1.807) is 0 Å². The Morgan fingerprint density at radius 3 is 2.32 bits per heavy atom. The van der Waals surface area contributed by atoms with Crippen molar-refractivity contribution < 1.29 is 42.7 Å². The van der Waals surface area contributed by atoms with E-state index in [9.17, 15) is 4.79 Å². The molecule has 3 aliphatic heterocycles. The molecule has 0 aromatic heterocycles. The number of hydrogen-bond donors (Lipinski definition) is 1. The van der Waals surface area contributed by atoms with Crippen LogP contribution in [0.5, 0.6) is 0 Å². The maximum atomic E-state index is 11.6. The number of carbonyl (C=O) groups is 1. The molecule has 10 nitrogen and oxygen atoms in total. The van der Waals surface area contributed by atoms with E-state index in [4.69, 9.17) is 44.3 Å². The zero-order valence-electron chi connectivity index (χ0n) is 18.4. The summed E-state index contributed by atoms with van der Waals surface area (Å²) in [6, 6.07) is -0.444. The number of carbonyl (C=O) groups excluding carboxylic acids is 1. The van der Waals surface area contributed by atoms with Gasteiger partial charge < -0.3 is 43.2 Å². The number of terminal acetylenes is 1. The zero-order valence-corrected chi connectivity index (χ0v) is 18.4. The fourth-order valence-corrected chi connectivity index (χ4v) is 3.94. The number of fused-ring (bicyclic) bond motifs is 4. The van der Waals surface area contributed by atoms with Gasteiger partial charge in [-0.1, -0.05) is 5.92 Å². The maximum absolute atomic E-state index is 11.6. The molecule has 3 heterocycles. The molecule has 0 aromatic carbocycles. The highest BCUT2D eigenvalue weighted by molar-refractivity contribution is 5.73. The molecule has 1 N–H and O–H groups in total. The van der Waals surface area contributed by atoms with Gasteiger partial charge in [0.25, 0.3) is 0 Å². The normalized spacial score (nSPS) is 33.1. The van der Waals surface area contributed by atoms with Crippen molar-refractivity contribution in [3.8, 4) is 12.3 Å². The summed E-state index contributed by atoms with van der Waals surface area (Å²) in [4.78, 5) is 11.6. The Labute approximate surface area is 183 Å². The van der Waals surface area contributed by atoms with E-state index in [1.807, 2.05) is 13.8 Å². The SMILES string of the molecule is C#CCOCCOCCOCCOC[C@@]12CO[C@@H](O1)[C@H](NC(C)=O)[C@H]1OC(C)(C)O[C@H]12. The molecule has 3 rings (SSSR count). The molecular weight excluding hydrogens is 410 g/mol. The lowest BCUT2D eigenvalue weighted by Gasteiger charge is -2.42. The first-order chi connectivity index (χ1) is 14.9. The minimum absolute atomic E-state index is 0.180. The Balaban J connectivity index is 1.38. The Morgan fingerprint density at radius 1 is 1.03 bits per heavy atom. The van der Waals surface area contributed by atoms with Crippen LogP contribution in [-0.2, 0) is 42.7 Å². The first-order valence-corrected chi connectivity index (χ1v) is 10.5. The van der Waals surface area contributed by atoms with E-state index in [0.717, 1.165) is 0 Å². The number of amides is 1. The Bertz CT molecular complexity index is 637. The van der Waals surface area contributed by atoms with E-state index in [-0.39, 0.29) is 18.6 Å². The molecular formula is C21H33NO9.